The Labute approximate surface area is 81.9 Å². The number of ketones is 2. The quantitative estimate of drug-likeness (QED) is 0.655. The Hall–Kier alpha value is -1.03. The summed E-state index contributed by atoms with van der Waals surface area (Å²) in [6.07, 6.45) is -0.134. The molecule has 0 spiro atoms. The first-order valence-corrected chi connectivity index (χ1v) is 4.44. The van der Waals surface area contributed by atoms with E-state index in [0.29, 0.717) is 5.56 Å². The van der Waals surface area contributed by atoms with Crippen molar-refractivity contribution < 1.29 is 14.0 Å². The van der Waals surface area contributed by atoms with E-state index in [1.54, 1.807) is 0 Å². The summed E-state index contributed by atoms with van der Waals surface area (Å²) < 4.78 is 13.2. The molecular weight excluding hydrogens is 239 g/mol. The smallest absolute Gasteiger partial charge is 0.171 e. The van der Waals surface area contributed by atoms with Gasteiger partial charge in [-0.2, -0.15) is 0 Å². The van der Waals surface area contributed by atoms with Crippen LogP contribution in [-0.2, 0) is 0 Å². The highest BCUT2D eigenvalue weighted by molar-refractivity contribution is 9.10. The first kappa shape index (κ1) is 8.56. The molecule has 0 radical (unpaired) electrons. The molecule has 0 saturated carbocycles. The van der Waals surface area contributed by atoms with Crippen LogP contribution in [0.2, 0.25) is 0 Å². The van der Waals surface area contributed by atoms with Crippen LogP contribution in [0.5, 0.6) is 0 Å². The number of fused-ring (bicyclic) bond motifs is 1. The number of carbonyl (C=O) groups is 2. The minimum absolute atomic E-state index is 0.134. The van der Waals surface area contributed by atoms with Crippen LogP contribution < -0.4 is 0 Å². The molecule has 0 fully saturated rings. The second-order valence-electron chi connectivity index (χ2n) is 2.84. The zero-order valence-corrected chi connectivity index (χ0v) is 8.02. The van der Waals surface area contributed by atoms with Crippen LogP contribution in [0.1, 0.15) is 27.1 Å². The normalized spacial score (nSPS) is 14.9. The van der Waals surface area contributed by atoms with Gasteiger partial charge in [0.15, 0.2) is 11.6 Å². The molecule has 0 amide bonds. The summed E-state index contributed by atoms with van der Waals surface area (Å²) in [5, 5.41) is 0. The predicted octanol–water partition coefficient (Wildman–Crippen LogP) is 2.36. The van der Waals surface area contributed by atoms with Crippen LogP contribution in [0.3, 0.4) is 0 Å². The van der Waals surface area contributed by atoms with Crippen LogP contribution >= 0.6 is 15.9 Å². The second-order valence-corrected chi connectivity index (χ2v) is 3.69. The van der Waals surface area contributed by atoms with Gasteiger partial charge in [0.05, 0.1) is 10.9 Å². The molecule has 1 aromatic carbocycles. The molecule has 1 aliphatic carbocycles. The summed E-state index contributed by atoms with van der Waals surface area (Å²) in [7, 11) is 0. The minimum atomic E-state index is -0.512. The highest BCUT2D eigenvalue weighted by Gasteiger charge is 2.28. The average molecular weight is 243 g/mol. The second kappa shape index (κ2) is 2.73. The van der Waals surface area contributed by atoms with E-state index in [-0.39, 0.29) is 28.0 Å². The van der Waals surface area contributed by atoms with Gasteiger partial charge in [-0.3, -0.25) is 9.59 Å². The molecule has 0 heterocycles. The van der Waals surface area contributed by atoms with E-state index >= 15 is 0 Å². The molecule has 1 aromatic rings. The summed E-state index contributed by atoms with van der Waals surface area (Å²) in [4.78, 5) is 22.3. The molecule has 0 aliphatic heterocycles. The lowest BCUT2D eigenvalue weighted by Gasteiger charge is -1.98. The molecule has 66 valence electrons. The largest absolute Gasteiger partial charge is 0.294 e. The van der Waals surface area contributed by atoms with Gasteiger partial charge in [0, 0.05) is 11.1 Å². The van der Waals surface area contributed by atoms with Crippen molar-refractivity contribution in [2.45, 2.75) is 6.42 Å². The molecule has 0 saturated heterocycles. The number of benzene rings is 1. The van der Waals surface area contributed by atoms with Gasteiger partial charge >= 0.3 is 0 Å². The third kappa shape index (κ3) is 1.21. The molecule has 0 unspecified atom stereocenters. The number of hydrogen-bond acceptors (Lipinski definition) is 2. The molecule has 13 heavy (non-hydrogen) atoms. The summed E-state index contributed by atoms with van der Waals surface area (Å²) in [5.41, 5.74) is 0.518. The maximum Gasteiger partial charge on any atom is 0.171 e. The SMILES string of the molecule is O=C1CC(=O)c2cc(Br)c(F)cc21. The highest BCUT2D eigenvalue weighted by atomic mass is 79.9. The molecule has 0 aromatic heterocycles. The molecule has 2 rings (SSSR count). The Kier molecular flexibility index (Phi) is 1.80. The summed E-state index contributed by atoms with van der Waals surface area (Å²) in [6, 6.07) is 2.46. The Bertz CT molecular complexity index is 387. The first-order valence-electron chi connectivity index (χ1n) is 3.65. The Balaban J connectivity index is 2.72. The number of Topliss-reactive ketones (excluding diaryl/α,β-unsaturated/α-hetero) is 2. The maximum absolute atomic E-state index is 13.0. The van der Waals surface area contributed by atoms with Gasteiger partial charge in [0.25, 0.3) is 0 Å². The molecule has 2 nitrogen and oxygen atoms in total. The minimum Gasteiger partial charge on any atom is -0.294 e. The van der Waals surface area contributed by atoms with Crippen LogP contribution in [0.4, 0.5) is 4.39 Å². The summed E-state index contributed by atoms with van der Waals surface area (Å²) in [6.45, 7) is 0. The van der Waals surface area contributed by atoms with Crippen molar-refractivity contribution in [3.63, 3.8) is 0 Å². The van der Waals surface area contributed by atoms with E-state index in [2.05, 4.69) is 15.9 Å². The number of halogens is 2. The standard InChI is InChI=1S/C9H4BrFO2/c10-6-1-4-5(2-7(6)11)9(13)3-8(4)12/h1-2H,3H2. The molecule has 0 atom stereocenters. The van der Waals surface area contributed by atoms with E-state index in [9.17, 15) is 14.0 Å². The lowest BCUT2D eigenvalue weighted by molar-refractivity contribution is 0.0923. The van der Waals surface area contributed by atoms with Gasteiger partial charge in [-0.05, 0) is 28.1 Å². The predicted molar refractivity (Wildman–Crippen MR) is 47.4 cm³/mol. The van der Waals surface area contributed by atoms with Crippen LogP contribution in [0.15, 0.2) is 16.6 Å². The van der Waals surface area contributed by atoms with Gasteiger partial charge in [-0.25, -0.2) is 4.39 Å². The Morgan fingerprint density at radius 3 is 2.31 bits per heavy atom. The number of carbonyl (C=O) groups excluding carboxylic acids is 2. The zero-order chi connectivity index (χ0) is 9.59. The number of hydrogen-bond donors (Lipinski definition) is 0. The van der Waals surface area contributed by atoms with E-state index < -0.39 is 5.82 Å². The number of rotatable bonds is 0. The van der Waals surface area contributed by atoms with Gasteiger partial charge < -0.3 is 0 Å². The molecular formula is C9H4BrFO2. The van der Waals surface area contributed by atoms with Crippen molar-refractivity contribution >= 4 is 27.5 Å². The molecule has 0 N–H and O–H groups in total. The fourth-order valence-corrected chi connectivity index (χ4v) is 1.69. The van der Waals surface area contributed by atoms with Gasteiger partial charge in [-0.1, -0.05) is 0 Å². The topological polar surface area (TPSA) is 34.1 Å². The van der Waals surface area contributed by atoms with E-state index in [1.807, 2.05) is 0 Å². The van der Waals surface area contributed by atoms with Crippen LogP contribution in [0, 0.1) is 5.82 Å². The van der Waals surface area contributed by atoms with Crippen molar-refractivity contribution in [2.24, 2.45) is 0 Å². The average Bonchev–Trinajstić information content (AvgIpc) is 2.31. The van der Waals surface area contributed by atoms with E-state index in [4.69, 9.17) is 0 Å². The van der Waals surface area contributed by atoms with E-state index in [1.165, 1.54) is 6.07 Å². The monoisotopic (exact) mass is 242 g/mol. The van der Waals surface area contributed by atoms with E-state index in [0.717, 1.165) is 6.07 Å². The Morgan fingerprint density at radius 2 is 1.69 bits per heavy atom. The molecule has 4 heteroatoms. The lowest BCUT2D eigenvalue weighted by Crippen LogP contribution is -1.92. The van der Waals surface area contributed by atoms with Gasteiger partial charge in [-0.15, -0.1) is 0 Å². The fraction of sp³-hybridized carbons (Fsp3) is 0.111. The van der Waals surface area contributed by atoms with Crippen molar-refractivity contribution in [2.75, 3.05) is 0 Å². The lowest BCUT2D eigenvalue weighted by atomic mass is 10.1. The third-order valence-corrected chi connectivity index (χ3v) is 2.59. The summed E-state index contributed by atoms with van der Waals surface area (Å²) in [5.74, 6) is -1.05. The highest BCUT2D eigenvalue weighted by Crippen LogP contribution is 2.27. The van der Waals surface area contributed by atoms with Crippen LogP contribution in [0.25, 0.3) is 0 Å². The van der Waals surface area contributed by atoms with Crippen molar-refractivity contribution in [3.05, 3.63) is 33.5 Å². The first-order chi connectivity index (χ1) is 6.09. The van der Waals surface area contributed by atoms with Crippen molar-refractivity contribution in [3.8, 4) is 0 Å². The van der Waals surface area contributed by atoms with Gasteiger partial charge in [0.1, 0.15) is 5.82 Å². The maximum atomic E-state index is 13.0. The van der Waals surface area contributed by atoms with Crippen molar-refractivity contribution in [1.29, 1.82) is 0 Å². The zero-order valence-electron chi connectivity index (χ0n) is 6.43. The van der Waals surface area contributed by atoms with Crippen LogP contribution in [-0.4, -0.2) is 11.6 Å². The third-order valence-electron chi connectivity index (χ3n) is 1.98. The van der Waals surface area contributed by atoms with Gasteiger partial charge in [0.2, 0.25) is 0 Å². The molecule has 0 bridgehead atoms. The van der Waals surface area contributed by atoms with Crippen molar-refractivity contribution in [1.82, 2.24) is 0 Å². The fourth-order valence-electron chi connectivity index (χ4n) is 1.34. The summed E-state index contributed by atoms with van der Waals surface area (Å²) >= 11 is 2.96. The molecule has 1 aliphatic rings. The Morgan fingerprint density at radius 1 is 1.15 bits per heavy atom.